The van der Waals surface area contributed by atoms with E-state index in [9.17, 15) is 0 Å². The molecule has 0 saturated carbocycles. The van der Waals surface area contributed by atoms with Gasteiger partial charge in [0.25, 0.3) is 0 Å². The molecule has 66 valence electrons. The van der Waals surface area contributed by atoms with E-state index in [1.807, 2.05) is 25.3 Å². The normalized spacial score (nSPS) is 10.3. The van der Waals surface area contributed by atoms with Crippen LogP contribution in [0.25, 0.3) is 5.69 Å². The monoisotopic (exact) mass is 237 g/mol. The van der Waals surface area contributed by atoms with Crippen LogP contribution in [-0.2, 0) is 0 Å². The van der Waals surface area contributed by atoms with Crippen LogP contribution in [0.5, 0.6) is 0 Å². The highest BCUT2D eigenvalue weighted by molar-refractivity contribution is 9.10. The third kappa shape index (κ3) is 1.62. The van der Waals surface area contributed by atoms with Crippen molar-refractivity contribution in [1.82, 2.24) is 15.0 Å². The Morgan fingerprint density at radius 2 is 2.23 bits per heavy atom. The molecule has 3 nitrogen and oxygen atoms in total. The average molecular weight is 238 g/mol. The van der Waals surface area contributed by atoms with Crippen LogP contribution in [0.2, 0.25) is 0 Å². The van der Waals surface area contributed by atoms with Gasteiger partial charge < -0.3 is 0 Å². The summed E-state index contributed by atoms with van der Waals surface area (Å²) in [6.45, 7) is 2.04. The van der Waals surface area contributed by atoms with E-state index in [4.69, 9.17) is 0 Å². The second kappa shape index (κ2) is 3.30. The van der Waals surface area contributed by atoms with Crippen LogP contribution in [-0.4, -0.2) is 15.0 Å². The second-order valence-electron chi connectivity index (χ2n) is 2.78. The highest BCUT2D eigenvalue weighted by Gasteiger charge is 2.00. The van der Waals surface area contributed by atoms with Crippen LogP contribution < -0.4 is 0 Å². The molecule has 0 fully saturated rings. The van der Waals surface area contributed by atoms with Gasteiger partial charge in [0.1, 0.15) is 0 Å². The lowest BCUT2D eigenvalue weighted by molar-refractivity contribution is 0.798. The van der Waals surface area contributed by atoms with Gasteiger partial charge in [0, 0.05) is 4.47 Å². The molecule has 0 aliphatic heterocycles. The number of hydrogen-bond acceptors (Lipinski definition) is 2. The van der Waals surface area contributed by atoms with Crippen LogP contribution >= 0.6 is 15.9 Å². The summed E-state index contributed by atoms with van der Waals surface area (Å²) in [4.78, 5) is 0. The molecule has 13 heavy (non-hydrogen) atoms. The molecule has 0 amide bonds. The number of aromatic nitrogens is 3. The van der Waals surface area contributed by atoms with Crippen LogP contribution in [0.4, 0.5) is 0 Å². The lowest BCUT2D eigenvalue weighted by atomic mass is 10.2. The fraction of sp³-hybridized carbons (Fsp3) is 0.111. The molecule has 1 aromatic carbocycles. The van der Waals surface area contributed by atoms with Gasteiger partial charge in [-0.15, -0.1) is 5.10 Å². The van der Waals surface area contributed by atoms with Crippen molar-refractivity contribution in [2.75, 3.05) is 0 Å². The molecule has 4 heteroatoms. The second-order valence-corrected chi connectivity index (χ2v) is 3.69. The maximum Gasteiger partial charge on any atom is 0.0697 e. The smallest absolute Gasteiger partial charge is 0.0697 e. The maximum absolute atomic E-state index is 3.93. The zero-order valence-electron chi connectivity index (χ0n) is 7.11. The number of nitrogens with zero attached hydrogens (tertiary/aromatic N) is 3. The largest absolute Gasteiger partial charge is 0.221 e. The highest BCUT2D eigenvalue weighted by atomic mass is 79.9. The fourth-order valence-corrected chi connectivity index (χ4v) is 1.69. The summed E-state index contributed by atoms with van der Waals surface area (Å²) >= 11 is 3.41. The summed E-state index contributed by atoms with van der Waals surface area (Å²) in [6, 6.07) is 6.05. The maximum atomic E-state index is 3.93. The van der Waals surface area contributed by atoms with E-state index in [0.717, 1.165) is 10.2 Å². The summed E-state index contributed by atoms with van der Waals surface area (Å²) in [5, 5.41) is 7.69. The van der Waals surface area contributed by atoms with Crippen LogP contribution in [0, 0.1) is 6.92 Å². The average Bonchev–Trinajstić information content (AvgIpc) is 2.56. The van der Waals surface area contributed by atoms with Gasteiger partial charge in [-0.2, -0.15) is 0 Å². The van der Waals surface area contributed by atoms with E-state index >= 15 is 0 Å². The molecule has 0 radical (unpaired) electrons. The lowest BCUT2D eigenvalue weighted by Gasteiger charge is -2.04. The van der Waals surface area contributed by atoms with Crippen molar-refractivity contribution in [3.05, 3.63) is 40.6 Å². The number of hydrogen-bond donors (Lipinski definition) is 0. The van der Waals surface area contributed by atoms with Crippen molar-refractivity contribution >= 4 is 15.9 Å². The lowest BCUT2D eigenvalue weighted by Crippen LogP contribution is -1.97. The molecule has 1 heterocycles. The van der Waals surface area contributed by atoms with Gasteiger partial charge in [0.15, 0.2) is 0 Å². The van der Waals surface area contributed by atoms with E-state index in [1.165, 1.54) is 5.56 Å². The Morgan fingerprint density at radius 3 is 2.85 bits per heavy atom. The van der Waals surface area contributed by atoms with E-state index in [0.29, 0.717) is 0 Å². The summed E-state index contributed by atoms with van der Waals surface area (Å²) < 4.78 is 2.83. The van der Waals surface area contributed by atoms with Gasteiger partial charge in [0.2, 0.25) is 0 Å². The number of benzene rings is 1. The zero-order valence-corrected chi connectivity index (χ0v) is 8.69. The Balaban J connectivity index is 2.53. The molecule has 0 aliphatic rings. The van der Waals surface area contributed by atoms with Gasteiger partial charge in [0.05, 0.1) is 18.1 Å². The fourth-order valence-electron chi connectivity index (χ4n) is 1.21. The first-order valence-electron chi connectivity index (χ1n) is 3.90. The summed E-state index contributed by atoms with van der Waals surface area (Å²) in [5.74, 6) is 0. The molecule has 0 spiro atoms. The Morgan fingerprint density at radius 1 is 1.38 bits per heavy atom. The van der Waals surface area contributed by atoms with Crippen LogP contribution in [0.15, 0.2) is 35.1 Å². The zero-order chi connectivity index (χ0) is 9.26. The van der Waals surface area contributed by atoms with Gasteiger partial charge >= 0.3 is 0 Å². The van der Waals surface area contributed by atoms with E-state index in [-0.39, 0.29) is 0 Å². The van der Waals surface area contributed by atoms with Crippen molar-refractivity contribution in [3.63, 3.8) is 0 Å². The first-order chi connectivity index (χ1) is 6.27. The van der Waals surface area contributed by atoms with Crippen molar-refractivity contribution < 1.29 is 0 Å². The summed E-state index contributed by atoms with van der Waals surface area (Å²) in [5.41, 5.74) is 2.22. The standard InChI is InChI=1S/C9H8BrN3/c1-7-6-8(10)2-3-9(7)13-5-4-11-12-13/h2-6H,1H3. The van der Waals surface area contributed by atoms with Crippen molar-refractivity contribution in [2.45, 2.75) is 6.92 Å². The van der Waals surface area contributed by atoms with Gasteiger partial charge in [-0.25, -0.2) is 4.68 Å². The number of rotatable bonds is 1. The van der Waals surface area contributed by atoms with E-state index in [1.54, 1.807) is 10.9 Å². The Labute approximate surface area is 84.5 Å². The first-order valence-corrected chi connectivity index (χ1v) is 4.69. The minimum Gasteiger partial charge on any atom is -0.221 e. The van der Waals surface area contributed by atoms with E-state index in [2.05, 4.69) is 32.3 Å². The first kappa shape index (κ1) is 8.44. The Bertz CT molecular complexity index is 409. The minimum absolute atomic E-state index is 1.06. The molecule has 0 bridgehead atoms. The van der Waals surface area contributed by atoms with Gasteiger partial charge in [-0.1, -0.05) is 21.1 Å². The molecule has 1 aromatic heterocycles. The van der Waals surface area contributed by atoms with E-state index < -0.39 is 0 Å². The minimum atomic E-state index is 1.06. The van der Waals surface area contributed by atoms with Crippen molar-refractivity contribution in [2.24, 2.45) is 0 Å². The predicted octanol–water partition coefficient (Wildman–Crippen LogP) is 2.34. The topological polar surface area (TPSA) is 30.7 Å². The molecule has 0 N–H and O–H groups in total. The molecular formula is C9H8BrN3. The molecular weight excluding hydrogens is 230 g/mol. The number of halogens is 1. The summed E-state index contributed by atoms with van der Waals surface area (Å²) in [7, 11) is 0. The summed E-state index contributed by atoms with van der Waals surface area (Å²) in [6.07, 6.45) is 3.50. The Hall–Kier alpha value is -1.16. The number of aryl methyl sites for hydroxylation is 1. The molecule has 0 atom stereocenters. The van der Waals surface area contributed by atoms with Crippen molar-refractivity contribution in [3.8, 4) is 5.69 Å². The quantitative estimate of drug-likeness (QED) is 0.763. The highest BCUT2D eigenvalue weighted by Crippen LogP contribution is 2.17. The van der Waals surface area contributed by atoms with Crippen molar-refractivity contribution in [1.29, 1.82) is 0 Å². The predicted molar refractivity (Wildman–Crippen MR) is 53.8 cm³/mol. The molecule has 2 aromatic rings. The van der Waals surface area contributed by atoms with Gasteiger partial charge in [-0.3, -0.25) is 0 Å². The molecule has 0 aliphatic carbocycles. The molecule has 0 unspecified atom stereocenters. The van der Waals surface area contributed by atoms with Gasteiger partial charge in [-0.05, 0) is 30.7 Å². The SMILES string of the molecule is Cc1cc(Br)ccc1-n1ccnn1. The molecule has 0 saturated heterocycles. The Kier molecular flexibility index (Phi) is 2.14. The third-order valence-electron chi connectivity index (χ3n) is 1.83. The van der Waals surface area contributed by atoms with Crippen LogP contribution in [0.1, 0.15) is 5.56 Å². The van der Waals surface area contributed by atoms with Crippen LogP contribution in [0.3, 0.4) is 0 Å². The third-order valence-corrected chi connectivity index (χ3v) is 2.32. The molecule has 2 rings (SSSR count).